The molecule has 1 unspecified atom stereocenters. The SMILES string of the molecule is CC1(O)C[C@@H]2[C@@]3(C)C=C[C@]2(C)C(=O)[C@@H]1C3. The first-order valence-electron chi connectivity index (χ1n) is 5.77. The van der Waals surface area contributed by atoms with Crippen molar-refractivity contribution in [3.63, 3.8) is 0 Å². The number of carbonyl (C=O) groups is 1. The molecular formula is C13H18O2. The van der Waals surface area contributed by atoms with E-state index in [-0.39, 0.29) is 22.5 Å². The van der Waals surface area contributed by atoms with E-state index in [9.17, 15) is 9.90 Å². The van der Waals surface area contributed by atoms with Crippen molar-refractivity contribution in [2.45, 2.75) is 39.2 Å². The molecule has 0 saturated heterocycles. The minimum absolute atomic E-state index is 0.148. The van der Waals surface area contributed by atoms with Crippen LogP contribution in [-0.4, -0.2) is 16.5 Å². The van der Waals surface area contributed by atoms with Gasteiger partial charge < -0.3 is 5.11 Å². The lowest BCUT2D eigenvalue weighted by Crippen LogP contribution is -2.62. The number of hydrogen-bond acceptors (Lipinski definition) is 2. The molecule has 3 fully saturated rings. The molecule has 4 bridgehead atoms. The highest BCUT2D eigenvalue weighted by atomic mass is 16.3. The number of carbonyl (C=O) groups excluding carboxylic acids is 1. The van der Waals surface area contributed by atoms with E-state index < -0.39 is 5.60 Å². The summed E-state index contributed by atoms with van der Waals surface area (Å²) >= 11 is 0. The van der Waals surface area contributed by atoms with Gasteiger partial charge in [-0.2, -0.15) is 0 Å². The highest BCUT2D eigenvalue weighted by Crippen LogP contribution is 2.66. The van der Waals surface area contributed by atoms with Crippen molar-refractivity contribution in [3.8, 4) is 0 Å². The summed E-state index contributed by atoms with van der Waals surface area (Å²) in [6, 6.07) is 0. The minimum Gasteiger partial charge on any atom is -0.389 e. The molecule has 4 aliphatic carbocycles. The van der Waals surface area contributed by atoms with Crippen LogP contribution in [0.15, 0.2) is 12.2 Å². The van der Waals surface area contributed by atoms with Crippen molar-refractivity contribution in [2.75, 3.05) is 0 Å². The van der Waals surface area contributed by atoms with Crippen molar-refractivity contribution in [3.05, 3.63) is 12.2 Å². The van der Waals surface area contributed by atoms with Crippen LogP contribution >= 0.6 is 0 Å². The third kappa shape index (κ3) is 0.878. The molecule has 82 valence electrons. The normalized spacial score (nSPS) is 61.5. The van der Waals surface area contributed by atoms with Crippen molar-refractivity contribution >= 4 is 5.78 Å². The molecule has 3 saturated carbocycles. The average Bonchev–Trinajstić information content (AvgIpc) is 2.33. The second kappa shape index (κ2) is 2.22. The summed E-state index contributed by atoms with van der Waals surface area (Å²) < 4.78 is 0. The van der Waals surface area contributed by atoms with Gasteiger partial charge in [0.1, 0.15) is 5.78 Å². The zero-order valence-corrected chi connectivity index (χ0v) is 9.58. The average molecular weight is 206 g/mol. The Kier molecular flexibility index (Phi) is 1.42. The Hall–Kier alpha value is -0.630. The van der Waals surface area contributed by atoms with Crippen molar-refractivity contribution in [1.29, 1.82) is 0 Å². The summed E-state index contributed by atoms with van der Waals surface area (Å²) in [7, 11) is 0. The van der Waals surface area contributed by atoms with Gasteiger partial charge in [0.25, 0.3) is 0 Å². The summed E-state index contributed by atoms with van der Waals surface area (Å²) in [5.74, 6) is 0.403. The molecule has 5 atom stereocenters. The van der Waals surface area contributed by atoms with E-state index in [1.165, 1.54) is 0 Å². The Balaban J connectivity index is 2.16. The van der Waals surface area contributed by atoms with E-state index in [1.807, 2.05) is 13.8 Å². The van der Waals surface area contributed by atoms with Crippen LogP contribution in [0.2, 0.25) is 0 Å². The van der Waals surface area contributed by atoms with Crippen LogP contribution in [0.25, 0.3) is 0 Å². The van der Waals surface area contributed by atoms with Crippen LogP contribution in [0, 0.1) is 22.7 Å². The molecule has 2 heteroatoms. The molecule has 0 spiro atoms. The number of ketones is 1. The summed E-state index contributed by atoms with van der Waals surface area (Å²) in [6.07, 6.45) is 5.90. The number of Topliss-reactive ketones (excluding diaryl/α,β-unsaturated/α-hetero) is 1. The van der Waals surface area contributed by atoms with Crippen LogP contribution in [0.3, 0.4) is 0 Å². The van der Waals surface area contributed by atoms with E-state index in [4.69, 9.17) is 0 Å². The molecular weight excluding hydrogens is 188 g/mol. The lowest BCUT2D eigenvalue weighted by Gasteiger charge is -2.57. The Labute approximate surface area is 90.4 Å². The molecule has 0 aromatic carbocycles. The smallest absolute Gasteiger partial charge is 0.148 e. The largest absolute Gasteiger partial charge is 0.389 e. The molecule has 0 aromatic rings. The number of allylic oxidation sites excluding steroid dienone is 2. The molecule has 0 amide bonds. The van der Waals surface area contributed by atoms with Gasteiger partial charge in [0.2, 0.25) is 0 Å². The van der Waals surface area contributed by atoms with Crippen LogP contribution < -0.4 is 0 Å². The molecule has 0 heterocycles. The first-order chi connectivity index (χ1) is 6.80. The fourth-order valence-corrected chi connectivity index (χ4v) is 4.16. The van der Waals surface area contributed by atoms with Crippen LogP contribution in [0.5, 0.6) is 0 Å². The van der Waals surface area contributed by atoms with Gasteiger partial charge in [-0.05, 0) is 38.0 Å². The predicted molar refractivity (Wildman–Crippen MR) is 57.2 cm³/mol. The molecule has 4 aliphatic rings. The zero-order valence-electron chi connectivity index (χ0n) is 9.58. The van der Waals surface area contributed by atoms with E-state index in [0.29, 0.717) is 5.92 Å². The highest BCUT2D eigenvalue weighted by Gasteiger charge is 2.67. The first-order valence-corrected chi connectivity index (χ1v) is 5.77. The Morgan fingerprint density at radius 2 is 1.93 bits per heavy atom. The fraction of sp³-hybridized carbons (Fsp3) is 0.769. The van der Waals surface area contributed by atoms with E-state index in [2.05, 4.69) is 19.1 Å². The number of rotatable bonds is 0. The van der Waals surface area contributed by atoms with E-state index in [0.717, 1.165) is 12.8 Å². The van der Waals surface area contributed by atoms with Crippen molar-refractivity contribution in [2.24, 2.45) is 22.7 Å². The van der Waals surface area contributed by atoms with Gasteiger partial charge in [-0.1, -0.05) is 19.1 Å². The van der Waals surface area contributed by atoms with Crippen molar-refractivity contribution < 1.29 is 9.90 Å². The quantitative estimate of drug-likeness (QED) is 0.615. The Morgan fingerprint density at radius 3 is 2.60 bits per heavy atom. The Morgan fingerprint density at radius 1 is 1.27 bits per heavy atom. The molecule has 2 nitrogen and oxygen atoms in total. The highest BCUT2D eigenvalue weighted by molar-refractivity contribution is 5.93. The van der Waals surface area contributed by atoms with Gasteiger partial charge in [-0.25, -0.2) is 0 Å². The summed E-state index contributed by atoms with van der Waals surface area (Å²) in [5, 5.41) is 10.3. The van der Waals surface area contributed by atoms with Crippen molar-refractivity contribution in [1.82, 2.24) is 0 Å². The molecule has 1 N–H and O–H groups in total. The van der Waals surface area contributed by atoms with Gasteiger partial charge in [0, 0.05) is 11.3 Å². The lowest BCUT2D eigenvalue weighted by atomic mass is 9.46. The summed E-state index contributed by atoms with van der Waals surface area (Å²) in [5.41, 5.74) is -0.914. The number of fused-ring (bicyclic) bond motifs is 1. The van der Waals surface area contributed by atoms with Crippen LogP contribution in [0.1, 0.15) is 33.6 Å². The molecule has 4 rings (SSSR count). The fourth-order valence-electron chi connectivity index (χ4n) is 4.16. The maximum absolute atomic E-state index is 12.3. The third-order valence-corrected chi connectivity index (χ3v) is 5.19. The van der Waals surface area contributed by atoms with E-state index >= 15 is 0 Å². The van der Waals surface area contributed by atoms with E-state index in [1.54, 1.807) is 0 Å². The van der Waals surface area contributed by atoms with Crippen LogP contribution in [0.4, 0.5) is 0 Å². The standard InChI is InChI=1S/C13H18O2/c1-11-4-5-12(2)9(11)7-13(3,15)8(6-11)10(12)14/h4-5,8-9,15H,6-7H2,1-3H3/t8-,9+,11-,12-,13?/m0/s1. The minimum atomic E-state index is -0.771. The second-order valence-corrected chi connectivity index (χ2v) is 6.36. The monoisotopic (exact) mass is 206 g/mol. The maximum Gasteiger partial charge on any atom is 0.148 e. The molecule has 0 radical (unpaired) electrons. The van der Waals surface area contributed by atoms with Gasteiger partial charge in [-0.3, -0.25) is 4.79 Å². The predicted octanol–water partition coefficient (Wildman–Crippen LogP) is 1.93. The lowest BCUT2D eigenvalue weighted by molar-refractivity contribution is -0.176. The van der Waals surface area contributed by atoms with Gasteiger partial charge >= 0.3 is 0 Å². The van der Waals surface area contributed by atoms with Gasteiger partial charge in [-0.15, -0.1) is 0 Å². The van der Waals surface area contributed by atoms with Gasteiger partial charge in [0.05, 0.1) is 5.60 Å². The molecule has 0 aromatic heterocycles. The van der Waals surface area contributed by atoms with Crippen LogP contribution in [-0.2, 0) is 4.79 Å². The number of hydrogen-bond donors (Lipinski definition) is 1. The zero-order chi connectivity index (χ0) is 11.1. The number of aliphatic hydroxyl groups is 1. The topological polar surface area (TPSA) is 37.3 Å². The Bertz CT molecular complexity index is 382. The maximum atomic E-state index is 12.3. The second-order valence-electron chi connectivity index (χ2n) is 6.36. The summed E-state index contributed by atoms with van der Waals surface area (Å²) in [4.78, 5) is 12.3. The van der Waals surface area contributed by atoms with Gasteiger partial charge in [0.15, 0.2) is 0 Å². The summed E-state index contributed by atoms with van der Waals surface area (Å²) in [6.45, 7) is 6.10. The molecule has 0 aliphatic heterocycles. The molecule has 15 heavy (non-hydrogen) atoms. The third-order valence-electron chi connectivity index (χ3n) is 5.19. The first kappa shape index (κ1) is 9.59.